The number of piperazine rings is 1. The van der Waals surface area contributed by atoms with Crippen LogP contribution >= 0.6 is 11.6 Å². The molecule has 4 rings (SSSR count). The van der Waals surface area contributed by atoms with Crippen LogP contribution in [0.5, 0.6) is 0 Å². The molecular weight excluding hydrogens is 366 g/mol. The van der Waals surface area contributed by atoms with Gasteiger partial charge in [-0.1, -0.05) is 78.3 Å². The summed E-state index contributed by atoms with van der Waals surface area (Å²) in [5.74, 6) is 0. The van der Waals surface area contributed by atoms with Crippen LogP contribution in [0, 0.1) is 0 Å². The van der Waals surface area contributed by atoms with Gasteiger partial charge in [-0.15, -0.1) is 0 Å². The Hall–Kier alpha value is -2.62. The quantitative estimate of drug-likeness (QED) is 0.561. The van der Waals surface area contributed by atoms with Crippen molar-refractivity contribution < 1.29 is 0 Å². The molecule has 1 saturated heterocycles. The fourth-order valence-corrected chi connectivity index (χ4v) is 3.53. The summed E-state index contributed by atoms with van der Waals surface area (Å²) < 4.78 is 0. The van der Waals surface area contributed by atoms with E-state index in [0.717, 1.165) is 43.3 Å². The fraction of sp³-hybridized carbons (Fsp3) is 0.208. The number of hydrogen-bond acceptors (Lipinski definition) is 3. The largest absolute Gasteiger partial charge is 0.295 e. The highest BCUT2D eigenvalue weighted by Gasteiger charge is 2.15. The Balaban J connectivity index is 1.28. The molecule has 0 amide bonds. The Labute approximate surface area is 171 Å². The molecule has 1 fully saturated rings. The number of halogens is 1. The van der Waals surface area contributed by atoms with E-state index in [9.17, 15) is 0 Å². The maximum Gasteiger partial charge on any atom is 0.0542 e. The van der Waals surface area contributed by atoms with Gasteiger partial charge < -0.3 is 0 Å². The van der Waals surface area contributed by atoms with Gasteiger partial charge in [0, 0.05) is 37.7 Å². The Morgan fingerprint density at radius 3 is 2.07 bits per heavy atom. The lowest BCUT2D eigenvalue weighted by molar-refractivity contribution is 0.131. The molecular formula is C24H24ClN3. The van der Waals surface area contributed by atoms with Crippen molar-refractivity contribution in [1.82, 2.24) is 9.91 Å². The van der Waals surface area contributed by atoms with Gasteiger partial charge in [-0.25, -0.2) is 0 Å². The van der Waals surface area contributed by atoms with E-state index in [4.69, 9.17) is 11.6 Å². The molecule has 3 aromatic rings. The first kappa shape index (κ1) is 18.7. The van der Waals surface area contributed by atoms with Gasteiger partial charge in [-0.05, 0) is 34.4 Å². The third-order valence-electron chi connectivity index (χ3n) is 5.06. The molecule has 3 aromatic carbocycles. The smallest absolute Gasteiger partial charge is 0.0542 e. The van der Waals surface area contributed by atoms with Gasteiger partial charge in [-0.2, -0.15) is 5.10 Å². The Morgan fingerprint density at radius 2 is 1.39 bits per heavy atom. The van der Waals surface area contributed by atoms with Crippen LogP contribution in [0.4, 0.5) is 0 Å². The Kier molecular flexibility index (Phi) is 6.05. The maximum absolute atomic E-state index is 5.96. The van der Waals surface area contributed by atoms with Crippen LogP contribution in [0.3, 0.4) is 0 Å². The first-order valence-corrected chi connectivity index (χ1v) is 10.1. The van der Waals surface area contributed by atoms with Crippen molar-refractivity contribution in [1.29, 1.82) is 0 Å². The molecule has 0 spiro atoms. The molecule has 1 aliphatic rings. The van der Waals surface area contributed by atoms with Crippen molar-refractivity contribution in [3.05, 3.63) is 95.0 Å². The molecule has 142 valence electrons. The zero-order valence-corrected chi connectivity index (χ0v) is 16.6. The van der Waals surface area contributed by atoms with Crippen LogP contribution < -0.4 is 0 Å². The van der Waals surface area contributed by atoms with E-state index in [1.54, 1.807) is 0 Å². The van der Waals surface area contributed by atoms with Crippen molar-refractivity contribution in [3.8, 4) is 11.1 Å². The first-order chi connectivity index (χ1) is 13.8. The summed E-state index contributed by atoms with van der Waals surface area (Å²) in [5, 5.41) is 7.62. The van der Waals surface area contributed by atoms with Crippen LogP contribution in [-0.4, -0.2) is 42.3 Å². The molecule has 4 heteroatoms. The van der Waals surface area contributed by atoms with E-state index in [1.165, 1.54) is 16.7 Å². The minimum atomic E-state index is 0.791. The molecule has 0 aromatic heterocycles. The molecule has 0 unspecified atom stereocenters. The maximum atomic E-state index is 5.96. The summed E-state index contributed by atoms with van der Waals surface area (Å²) in [6.45, 7) is 4.91. The van der Waals surface area contributed by atoms with Crippen molar-refractivity contribution in [2.24, 2.45) is 5.10 Å². The molecule has 3 nitrogen and oxygen atoms in total. The SMILES string of the molecule is Clc1ccc(CN2CCN(/N=C\c3ccc(-c4ccccc4)cc3)CC2)cc1. The van der Waals surface area contributed by atoms with Crippen LogP contribution in [0.15, 0.2) is 84.0 Å². The fourth-order valence-electron chi connectivity index (χ4n) is 3.40. The van der Waals surface area contributed by atoms with E-state index < -0.39 is 0 Å². The van der Waals surface area contributed by atoms with E-state index in [2.05, 4.69) is 75.7 Å². The topological polar surface area (TPSA) is 18.8 Å². The van der Waals surface area contributed by atoms with E-state index >= 15 is 0 Å². The van der Waals surface area contributed by atoms with Crippen molar-refractivity contribution in [3.63, 3.8) is 0 Å². The highest BCUT2D eigenvalue weighted by Crippen LogP contribution is 2.19. The van der Waals surface area contributed by atoms with Gasteiger partial charge in [-0.3, -0.25) is 9.91 Å². The molecule has 0 aliphatic carbocycles. The number of hydrazone groups is 1. The summed E-state index contributed by atoms with van der Waals surface area (Å²) in [4.78, 5) is 2.46. The molecule has 0 atom stereocenters. The van der Waals surface area contributed by atoms with Crippen LogP contribution in [0.2, 0.25) is 5.02 Å². The molecule has 1 aliphatic heterocycles. The third kappa shape index (κ3) is 5.00. The minimum Gasteiger partial charge on any atom is -0.295 e. The van der Waals surface area contributed by atoms with Crippen molar-refractivity contribution >= 4 is 17.8 Å². The predicted octanol–water partition coefficient (Wildman–Crippen LogP) is 5.16. The lowest BCUT2D eigenvalue weighted by Gasteiger charge is -2.33. The van der Waals surface area contributed by atoms with E-state index in [1.807, 2.05) is 24.4 Å². The molecule has 28 heavy (non-hydrogen) atoms. The summed E-state index contributed by atoms with van der Waals surface area (Å²) >= 11 is 5.96. The second-order valence-corrected chi connectivity index (χ2v) is 7.53. The predicted molar refractivity (Wildman–Crippen MR) is 118 cm³/mol. The van der Waals surface area contributed by atoms with E-state index in [0.29, 0.717) is 0 Å². The van der Waals surface area contributed by atoms with Crippen LogP contribution in [0.25, 0.3) is 11.1 Å². The molecule has 0 bridgehead atoms. The molecule has 1 heterocycles. The molecule has 0 radical (unpaired) electrons. The van der Waals surface area contributed by atoms with Gasteiger partial charge in [0.15, 0.2) is 0 Å². The van der Waals surface area contributed by atoms with E-state index in [-0.39, 0.29) is 0 Å². The highest BCUT2D eigenvalue weighted by atomic mass is 35.5. The Bertz CT molecular complexity index is 897. The lowest BCUT2D eigenvalue weighted by atomic mass is 10.0. The van der Waals surface area contributed by atoms with Gasteiger partial charge in [0.25, 0.3) is 0 Å². The minimum absolute atomic E-state index is 0.791. The second-order valence-electron chi connectivity index (χ2n) is 7.09. The number of hydrogen-bond donors (Lipinski definition) is 0. The summed E-state index contributed by atoms with van der Waals surface area (Å²) in [5.41, 5.74) is 4.90. The zero-order valence-electron chi connectivity index (χ0n) is 15.8. The lowest BCUT2D eigenvalue weighted by Crippen LogP contribution is -2.43. The summed E-state index contributed by atoms with van der Waals surface area (Å²) in [7, 11) is 0. The summed E-state index contributed by atoms with van der Waals surface area (Å²) in [6, 6.07) is 27.1. The second kappa shape index (κ2) is 9.05. The van der Waals surface area contributed by atoms with Crippen LogP contribution in [-0.2, 0) is 6.54 Å². The number of benzene rings is 3. The monoisotopic (exact) mass is 389 g/mol. The zero-order chi connectivity index (χ0) is 19.2. The van der Waals surface area contributed by atoms with Gasteiger partial charge in [0.1, 0.15) is 0 Å². The number of nitrogens with zero attached hydrogens (tertiary/aromatic N) is 3. The van der Waals surface area contributed by atoms with Gasteiger partial charge in [0.05, 0.1) is 6.21 Å². The average Bonchev–Trinajstić information content (AvgIpc) is 2.76. The highest BCUT2D eigenvalue weighted by molar-refractivity contribution is 6.30. The normalized spacial score (nSPS) is 15.2. The standard InChI is InChI=1S/C24H24ClN3/c25-24-12-8-21(9-13-24)19-27-14-16-28(17-15-27)26-18-20-6-10-23(11-7-20)22-4-2-1-3-5-22/h1-13,18H,14-17,19H2/b26-18-. The third-order valence-corrected chi connectivity index (χ3v) is 5.31. The van der Waals surface area contributed by atoms with Gasteiger partial charge >= 0.3 is 0 Å². The first-order valence-electron chi connectivity index (χ1n) is 9.67. The molecule has 0 saturated carbocycles. The van der Waals surface area contributed by atoms with Crippen LogP contribution in [0.1, 0.15) is 11.1 Å². The average molecular weight is 390 g/mol. The van der Waals surface area contributed by atoms with Crippen molar-refractivity contribution in [2.45, 2.75) is 6.54 Å². The van der Waals surface area contributed by atoms with Crippen molar-refractivity contribution in [2.75, 3.05) is 26.2 Å². The molecule has 0 N–H and O–H groups in total. The number of rotatable bonds is 5. The van der Waals surface area contributed by atoms with Gasteiger partial charge in [0.2, 0.25) is 0 Å². The summed E-state index contributed by atoms with van der Waals surface area (Å²) in [6.07, 6.45) is 1.96. The Morgan fingerprint density at radius 1 is 0.750 bits per heavy atom.